The Morgan fingerprint density at radius 2 is 1.68 bits per heavy atom. The highest BCUT2D eigenvalue weighted by atomic mass is 32.2. The number of anilines is 2. The molecule has 3 aromatic rings. The van der Waals surface area contributed by atoms with E-state index in [1.807, 2.05) is 37.3 Å². The summed E-state index contributed by atoms with van der Waals surface area (Å²) in [6.45, 7) is 9.22. The van der Waals surface area contributed by atoms with Gasteiger partial charge in [0.15, 0.2) is 5.16 Å². The van der Waals surface area contributed by atoms with Crippen LogP contribution in [-0.4, -0.2) is 27.1 Å². The first-order valence-corrected chi connectivity index (χ1v) is 11.3. The van der Waals surface area contributed by atoms with Crippen LogP contribution in [0.25, 0.3) is 0 Å². The highest BCUT2D eigenvalue weighted by Gasteiger charge is 2.16. The number of aromatic nitrogens is 2. The van der Waals surface area contributed by atoms with Gasteiger partial charge in [0.05, 0.1) is 22.7 Å². The summed E-state index contributed by atoms with van der Waals surface area (Å²) in [5.74, 6) is 0.242. The number of thioether (sulfide) groups is 1. The second kappa shape index (κ2) is 10.3. The molecule has 0 bridgehead atoms. The van der Waals surface area contributed by atoms with Crippen LogP contribution in [0.3, 0.4) is 0 Å². The van der Waals surface area contributed by atoms with E-state index in [0.29, 0.717) is 22.9 Å². The summed E-state index contributed by atoms with van der Waals surface area (Å²) in [6, 6.07) is 16.2. The zero-order valence-corrected chi connectivity index (χ0v) is 19.1. The first-order valence-electron chi connectivity index (χ1n) is 10.3. The lowest BCUT2D eigenvalue weighted by molar-refractivity contribution is -0.113. The van der Waals surface area contributed by atoms with Crippen LogP contribution in [0.2, 0.25) is 0 Å². The highest BCUT2D eigenvalue weighted by molar-refractivity contribution is 7.99. The number of benzene rings is 2. The van der Waals surface area contributed by atoms with E-state index in [9.17, 15) is 9.59 Å². The number of carbonyl (C=O) groups excluding carboxylic acids is 2. The fourth-order valence-corrected chi connectivity index (χ4v) is 4.04. The number of imidazole rings is 1. The standard InChI is InChI=1S/C24H28N4O2S/c1-16(2)14-28-18(4)17(3)25-24(28)31-15-22(29)27-21-13-9-8-12-20(21)23(30)26-19-10-6-5-7-11-19/h5-13,16H,14-15H2,1-4H3,(H,26,30)(H,27,29). The van der Waals surface area contributed by atoms with Crippen molar-refractivity contribution < 1.29 is 9.59 Å². The van der Waals surface area contributed by atoms with Gasteiger partial charge in [-0.3, -0.25) is 9.59 Å². The van der Waals surface area contributed by atoms with E-state index in [0.717, 1.165) is 23.1 Å². The third-order valence-electron chi connectivity index (χ3n) is 4.78. The predicted molar refractivity (Wildman–Crippen MR) is 127 cm³/mol. The second-order valence-corrected chi connectivity index (χ2v) is 8.71. The predicted octanol–water partition coefficient (Wildman–Crippen LogP) is 5.14. The number of nitrogens with zero attached hydrogens (tertiary/aromatic N) is 2. The van der Waals surface area contributed by atoms with Crippen LogP contribution in [0, 0.1) is 19.8 Å². The van der Waals surface area contributed by atoms with Crippen molar-refractivity contribution in [2.24, 2.45) is 5.92 Å². The van der Waals surface area contributed by atoms with Crippen LogP contribution in [0.1, 0.15) is 35.6 Å². The molecule has 31 heavy (non-hydrogen) atoms. The van der Waals surface area contributed by atoms with Crippen molar-refractivity contribution in [1.29, 1.82) is 0 Å². The quantitative estimate of drug-likeness (QED) is 0.480. The van der Waals surface area contributed by atoms with Gasteiger partial charge in [-0.05, 0) is 44.0 Å². The van der Waals surface area contributed by atoms with Gasteiger partial charge in [-0.25, -0.2) is 4.98 Å². The van der Waals surface area contributed by atoms with Crippen LogP contribution >= 0.6 is 11.8 Å². The van der Waals surface area contributed by atoms with Gasteiger partial charge in [0.25, 0.3) is 5.91 Å². The zero-order valence-electron chi connectivity index (χ0n) is 18.3. The Labute approximate surface area is 187 Å². The third kappa shape index (κ3) is 5.98. The van der Waals surface area contributed by atoms with Crippen molar-refractivity contribution in [3.8, 4) is 0 Å². The average molecular weight is 437 g/mol. The summed E-state index contributed by atoms with van der Waals surface area (Å²) in [4.78, 5) is 30.0. The highest BCUT2D eigenvalue weighted by Crippen LogP contribution is 2.23. The van der Waals surface area contributed by atoms with E-state index in [1.54, 1.807) is 24.3 Å². The van der Waals surface area contributed by atoms with Gasteiger partial charge in [0.2, 0.25) is 5.91 Å². The monoisotopic (exact) mass is 436 g/mol. The first-order chi connectivity index (χ1) is 14.8. The molecular formula is C24H28N4O2S. The number of amides is 2. The molecule has 2 N–H and O–H groups in total. The molecule has 0 aliphatic rings. The largest absolute Gasteiger partial charge is 0.325 e. The lowest BCUT2D eigenvalue weighted by Crippen LogP contribution is -2.19. The third-order valence-corrected chi connectivity index (χ3v) is 5.76. The number of hydrogen-bond acceptors (Lipinski definition) is 4. The molecule has 2 amide bonds. The summed E-state index contributed by atoms with van der Waals surface area (Å²) in [5.41, 5.74) is 3.70. The van der Waals surface area contributed by atoms with Crippen molar-refractivity contribution >= 4 is 35.0 Å². The molecule has 0 saturated carbocycles. The lowest BCUT2D eigenvalue weighted by atomic mass is 10.1. The molecule has 162 valence electrons. The van der Waals surface area contributed by atoms with Crippen molar-refractivity contribution in [3.05, 3.63) is 71.5 Å². The van der Waals surface area contributed by atoms with Gasteiger partial charge in [-0.1, -0.05) is 55.9 Å². The number of carbonyl (C=O) groups is 2. The SMILES string of the molecule is Cc1nc(SCC(=O)Nc2ccccc2C(=O)Nc2ccccc2)n(CC(C)C)c1C. The Hall–Kier alpha value is -3.06. The Morgan fingerprint density at radius 1 is 1.00 bits per heavy atom. The molecule has 6 nitrogen and oxygen atoms in total. The normalized spacial score (nSPS) is 10.9. The van der Waals surface area contributed by atoms with E-state index in [1.165, 1.54) is 11.8 Å². The van der Waals surface area contributed by atoms with Crippen molar-refractivity contribution in [3.63, 3.8) is 0 Å². The second-order valence-electron chi connectivity index (χ2n) is 7.77. The van der Waals surface area contributed by atoms with Gasteiger partial charge in [0, 0.05) is 17.9 Å². The van der Waals surface area contributed by atoms with E-state index >= 15 is 0 Å². The van der Waals surface area contributed by atoms with Gasteiger partial charge in [-0.2, -0.15) is 0 Å². The number of aryl methyl sites for hydroxylation is 1. The first kappa shape index (κ1) is 22.6. The van der Waals surface area contributed by atoms with Gasteiger partial charge in [0.1, 0.15) is 0 Å². The van der Waals surface area contributed by atoms with Crippen LogP contribution < -0.4 is 10.6 Å². The van der Waals surface area contributed by atoms with Gasteiger partial charge >= 0.3 is 0 Å². The summed E-state index contributed by atoms with van der Waals surface area (Å²) >= 11 is 1.41. The maximum absolute atomic E-state index is 12.7. The topological polar surface area (TPSA) is 76.0 Å². The van der Waals surface area contributed by atoms with E-state index in [4.69, 9.17) is 0 Å². The molecular weight excluding hydrogens is 408 g/mol. The maximum atomic E-state index is 12.7. The molecule has 0 radical (unpaired) electrons. The molecule has 7 heteroatoms. The Morgan fingerprint density at radius 3 is 2.39 bits per heavy atom. The molecule has 1 aromatic heterocycles. The maximum Gasteiger partial charge on any atom is 0.257 e. The minimum Gasteiger partial charge on any atom is -0.325 e. The Bertz CT molecular complexity index is 1060. The molecule has 0 spiro atoms. The molecule has 0 aliphatic carbocycles. The molecule has 0 unspecified atom stereocenters. The van der Waals surface area contributed by atoms with Gasteiger partial charge in [-0.15, -0.1) is 0 Å². The fraction of sp³-hybridized carbons (Fsp3) is 0.292. The van der Waals surface area contributed by atoms with E-state index in [2.05, 4.69) is 41.0 Å². The van der Waals surface area contributed by atoms with E-state index < -0.39 is 0 Å². The van der Waals surface area contributed by atoms with Crippen LogP contribution in [0.4, 0.5) is 11.4 Å². The van der Waals surface area contributed by atoms with Gasteiger partial charge < -0.3 is 15.2 Å². The summed E-state index contributed by atoms with van der Waals surface area (Å²) in [7, 11) is 0. The summed E-state index contributed by atoms with van der Waals surface area (Å²) in [6.07, 6.45) is 0. The Kier molecular flexibility index (Phi) is 7.52. The van der Waals surface area contributed by atoms with Crippen molar-refractivity contribution in [1.82, 2.24) is 9.55 Å². The number of hydrogen-bond donors (Lipinski definition) is 2. The number of para-hydroxylation sites is 2. The molecule has 2 aromatic carbocycles. The van der Waals surface area contributed by atoms with Crippen molar-refractivity contribution in [2.45, 2.75) is 39.4 Å². The Balaban J connectivity index is 1.67. The molecule has 0 atom stereocenters. The smallest absolute Gasteiger partial charge is 0.257 e. The molecule has 0 aliphatic heterocycles. The lowest BCUT2D eigenvalue weighted by Gasteiger charge is -2.13. The summed E-state index contributed by atoms with van der Waals surface area (Å²) < 4.78 is 2.17. The van der Waals surface area contributed by atoms with Crippen LogP contribution in [0.5, 0.6) is 0 Å². The minimum absolute atomic E-state index is 0.181. The zero-order chi connectivity index (χ0) is 22.4. The molecule has 0 fully saturated rings. The molecule has 3 rings (SSSR count). The van der Waals surface area contributed by atoms with Crippen LogP contribution in [-0.2, 0) is 11.3 Å². The summed E-state index contributed by atoms with van der Waals surface area (Å²) in [5, 5.41) is 6.57. The molecule has 0 saturated heterocycles. The number of nitrogens with one attached hydrogen (secondary N) is 2. The van der Waals surface area contributed by atoms with E-state index in [-0.39, 0.29) is 17.6 Å². The average Bonchev–Trinajstić information content (AvgIpc) is 3.00. The fourth-order valence-electron chi connectivity index (χ4n) is 3.14. The minimum atomic E-state index is -0.270. The van der Waals surface area contributed by atoms with Crippen molar-refractivity contribution in [2.75, 3.05) is 16.4 Å². The molecule has 1 heterocycles. The van der Waals surface area contributed by atoms with Crippen LogP contribution in [0.15, 0.2) is 59.8 Å². The number of rotatable bonds is 8.